The van der Waals surface area contributed by atoms with Crippen molar-refractivity contribution in [3.05, 3.63) is 60.8 Å². The van der Waals surface area contributed by atoms with Crippen LogP contribution in [0.15, 0.2) is 60.8 Å². The van der Waals surface area contributed by atoms with Crippen molar-refractivity contribution in [1.29, 1.82) is 0 Å². The largest absolute Gasteiger partial charge is 0.457 e. The van der Waals surface area contributed by atoms with Gasteiger partial charge in [0, 0.05) is 13.0 Å². The third kappa shape index (κ3) is 35.1. The minimum Gasteiger partial charge on any atom is -0.457 e. The van der Waals surface area contributed by atoms with Gasteiger partial charge in [0.2, 0.25) is 0 Å². The molecule has 372 valence electrons. The number of ether oxygens (including phenoxy) is 4. The number of esters is 1. The maximum atomic E-state index is 12.9. The molecule has 64 heavy (non-hydrogen) atoms. The lowest BCUT2D eigenvalue weighted by Crippen LogP contribution is -2.60. The molecule has 0 bridgehead atoms. The van der Waals surface area contributed by atoms with Crippen molar-refractivity contribution in [3.63, 3.8) is 0 Å². The van der Waals surface area contributed by atoms with Gasteiger partial charge in [-0.3, -0.25) is 9.35 Å². The van der Waals surface area contributed by atoms with Gasteiger partial charge < -0.3 is 34.3 Å². The lowest BCUT2D eigenvalue weighted by atomic mass is 9.99. The van der Waals surface area contributed by atoms with E-state index in [1.165, 1.54) is 77.0 Å². The third-order valence-corrected chi connectivity index (χ3v) is 11.6. The van der Waals surface area contributed by atoms with Crippen molar-refractivity contribution in [1.82, 2.24) is 0 Å². The number of aliphatic hydroxyl groups is 3. The Kier molecular flexibility index (Phi) is 39.4. The molecule has 6 unspecified atom stereocenters. The number of unbranched alkanes of at least 4 members (excludes halogenated alkanes) is 20. The number of carbonyl (C=O) groups excluding carboxylic acids is 1. The summed E-state index contributed by atoms with van der Waals surface area (Å²) in [5.74, 6) is -0.418. The van der Waals surface area contributed by atoms with Gasteiger partial charge in [-0.25, -0.2) is 4.18 Å². The Hall–Kier alpha value is -2.20. The van der Waals surface area contributed by atoms with Crippen LogP contribution in [-0.4, -0.2) is 97.5 Å². The van der Waals surface area contributed by atoms with Crippen LogP contribution in [-0.2, 0) is 38.3 Å². The highest BCUT2D eigenvalue weighted by Gasteiger charge is 2.48. The number of rotatable bonds is 43. The predicted molar refractivity (Wildman–Crippen MR) is 257 cm³/mol. The summed E-state index contributed by atoms with van der Waals surface area (Å²) in [6, 6.07) is 0. The van der Waals surface area contributed by atoms with Crippen LogP contribution in [0, 0.1) is 0 Å². The molecule has 0 spiro atoms. The monoisotopic (exact) mass is 927 g/mol. The smallest absolute Gasteiger partial charge is 0.397 e. The van der Waals surface area contributed by atoms with Crippen LogP contribution in [0.3, 0.4) is 0 Å². The Balaban J connectivity index is 2.39. The standard InChI is InChI=1S/C51H90O12S/c1-3-5-7-9-11-13-15-17-19-20-21-22-23-24-25-27-29-31-33-35-37-39-41-59-43-45(44-60-51-49(55)50(63-64(56,57)58)48(54)46(42-52)62-51)61-47(53)40-38-36-34-32-30-28-26-18-16-14-12-10-8-6-4-2/h12,14-15,17-18,20-21,23-24,26,45-46,48-52,54-55H,3-11,13,16,19,22,25,27-44H2,1-2H3,(H,56,57,58)/b14-12-,17-15-,21-20-,24-23-,26-18-. The molecule has 4 N–H and O–H groups in total. The van der Waals surface area contributed by atoms with Crippen molar-refractivity contribution < 1.29 is 56.2 Å². The molecule has 1 fully saturated rings. The zero-order valence-electron chi connectivity index (χ0n) is 39.8. The van der Waals surface area contributed by atoms with Gasteiger partial charge in [-0.2, -0.15) is 8.42 Å². The minimum atomic E-state index is -5.07. The van der Waals surface area contributed by atoms with E-state index in [-0.39, 0.29) is 19.6 Å². The molecule has 1 saturated heterocycles. The summed E-state index contributed by atoms with van der Waals surface area (Å²) < 4.78 is 59.2. The predicted octanol–water partition coefficient (Wildman–Crippen LogP) is 11.3. The van der Waals surface area contributed by atoms with Crippen molar-refractivity contribution in [2.75, 3.05) is 26.4 Å². The highest BCUT2D eigenvalue weighted by molar-refractivity contribution is 7.80. The minimum absolute atomic E-state index is 0.0212. The van der Waals surface area contributed by atoms with Crippen molar-refractivity contribution in [3.8, 4) is 0 Å². The van der Waals surface area contributed by atoms with Gasteiger partial charge in [0.05, 0.1) is 19.8 Å². The van der Waals surface area contributed by atoms with E-state index < -0.39 is 59.8 Å². The molecule has 0 aliphatic carbocycles. The van der Waals surface area contributed by atoms with E-state index in [4.69, 9.17) is 18.9 Å². The number of carbonyl (C=O) groups is 1. The SMILES string of the molecule is CCCCC/C=C\C/C=C\CCCCCCCC(=O)OC(COCCCCCCCCC/C=C\C/C=C\C/C=C\CCCCCCC)COC1OC(CO)C(O)C(OS(=O)(=O)O)C1O. The van der Waals surface area contributed by atoms with Crippen LogP contribution in [0.5, 0.6) is 0 Å². The van der Waals surface area contributed by atoms with Crippen molar-refractivity contribution in [2.45, 2.75) is 230 Å². The van der Waals surface area contributed by atoms with E-state index in [1.807, 2.05) is 0 Å². The topological polar surface area (TPSA) is 178 Å². The van der Waals surface area contributed by atoms with E-state index >= 15 is 0 Å². The van der Waals surface area contributed by atoms with E-state index in [2.05, 4.69) is 78.8 Å². The molecule has 1 aliphatic rings. The maximum Gasteiger partial charge on any atom is 0.397 e. The molecule has 1 rings (SSSR count). The Morgan fingerprint density at radius 1 is 0.594 bits per heavy atom. The molecule has 0 amide bonds. The second-order valence-corrected chi connectivity index (χ2v) is 18.1. The summed E-state index contributed by atoms with van der Waals surface area (Å²) in [5, 5.41) is 30.7. The average molecular weight is 927 g/mol. The van der Waals surface area contributed by atoms with Crippen molar-refractivity contribution in [2.24, 2.45) is 0 Å². The molecule has 12 nitrogen and oxygen atoms in total. The zero-order chi connectivity index (χ0) is 46.8. The van der Waals surface area contributed by atoms with Crippen LogP contribution < -0.4 is 0 Å². The molecule has 13 heteroatoms. The lowest BCUT2D eigenvalue weighted by Gasteiger charge is -2.41. The Labute approximate surface area is 388 Å². The van der Waals surface area contributed by atoms with Crippen LogP contribution in [0.25, 0.3) is 0 Å². The number of aliphatic hydroxyl groups excluding tert-OH is 3. The van der Waals surface area contributed by atoms with Crippen LogP contribution in [0.2, 0.25) is 0 Å². The quantitative estimate of drug-likeness (QED) is 0.0197. The fourth-order valence-electron chi connectivity index (χ4n) is 7.30. The molecule has 0 radical (unpaired) electrons. The van der Waals surface area contributed by atoms with Gasteiger partial charge in [-0.05, 0) is 83.5 Å². The molecule has 0 aromatic heterocycles. The summed E-state index contributed by atoms with van der Waals surface area (Å²) >= 11 is 0. The van der Waals surface area contributed by atoms with Crippen molar-refractivity contribution >= 4 is 16.4 Å². The molecular formula is C51H90O12S. The molecule has 6 atom stereocenters. The summed E-state index contributed by atoms with van der Waals surface area (Å²) in [7, 11) is -5.07. The molecular weight excluding hydrogens is 837 g/mol. The van der Waals surface area contributed by atoms with Crippen LogP contribution in [0.1, 0.15) is 194 Å². The highest BCUT2D eigenvalue weighted by atomic mass is 32.3. The van der Waals surface area contributed by atoms with Crippen LogP contribution >= 0.6 is 0 Å². The van der Waals surface area contributed by atoms with Crippen LogP contribution in [0.4, 0.5) is 0 Å². The molecule has 1 heterocycles. The van der Waals surface area contributed by atoms with Gasteiger partial charge in [0.15, 0.2) is 6.29 Å². The van der Waals surface area contributed by atoms with E-state index in [0.29, 0.717) is 13.0 Å². The Morgan fingerprint density at radius 2 is 1.03 bits per heavy atom. The number of hydrogen-bond donors (Lipinski definition) is 4. The summed E-state index contributed by atoms with van der Waals surface area (Å²) in [4.78, 5) is 12.9. The lowest BCUT2D eigenvalue weighted by molar-refractivity contribution is -0.301. The maximum absolute atomic E-state index is 12.9. The second-order valence-electron chi connectivity index (χ2n) is 17.0. The zero-order valence-corrected chi connectivity index (χ0v) is 40.6. The summed E-state index contributed by atoms with van der Waals surface area (Å²) in [6.07, 6.45) is 43.9. The van der Waals surface area contributed by atoms with E-state index in [1.54, 1.807) is 0 Å². The van der Waals surface area contributed by atoms with Gasteiger partial charge >= 0.3 is 16.4 Å². The summed E-state index contributed by atoms with van der Waals surface area (Å²) in [6.45, 7) is 3.91. The Morgan fingerprint density at radius 3 is 1.53 bits per heavy atom. The fourth-order valence-corrected chi connectivity index (χ4v) is 7.81. The Bertz CT molecular complexity index is 1350. The number of allylic oxidation sites excluding steroid dienone is 10. The fraction of sp³-hybridized carbons (Fsp3) is 0.784. The molecule has 0 saturated carbocycles. The van der Waals surface area contributed by atoms with Gasteiger partial charge in [0.25, 0.3) is 0 Å². The first-order chi connectivity index (χ1) is 31.1. The first-order valence-corrected chi connectivity index (χ1v) is 26.4. The highest BCUT2D eigenvalue weighted by Crippen LogP contribution is 2.26. The molecule has 1 aliphatic heterocycles. The molecule has 0 aromatic carbocycles. The normalized spacial score (nSPS) is 20.2. The second kappa shape index (κ2) is 42.2. The van der Waals surface area contributed by atoms with E-state index in [0.717, 1.165) is 89.9 Å². The summed E-state index contributed by atoms with van der Waals surface area (Å²) in [5.41, 5.74) is 0. The first-order valence-electron chi connectivity index (χ1n) is 25.0. The number of hydrogen-bond acceptors (Lipinski definition) is 11. The van der Waals surface area contributed by atoms with Gasteiger partial charge in [0.1, 0.15) is 30.5 Å². The third-order valence-electron chi connectivity index (χ3n) is 11.1. The van der Waals surface area contributed by atoms with Gasteiger partial charge in [-0.15, -0.1) is 0 Å². The van der Waals surface area contributed by atoms with E-state index in [9.17, 15) is 33.1 Å². The van der Waals surface area contributed by atoms with Gasteiger partial charge in [-0.1, -0.05) is 164 Å². The average Bonchev–Trinajstić information content (AvgIpc) is 3.27. The molecule has 0 aromatic rings. The first kappa shape index (κ1) is 59.8.